The first kappa shape index (κ1) is 9.96. The van der Waals surface area contributed by atoms with Crippen LogP contribution in [0.1, 0.15) is 24.5 Å². The Balaban J connectivity index is 2.22. The second-order valence-electron chi connectivity index (χ2n) is 3.41. The summed E-state index contributed by atoms with van der Waals surface area (Å²) >= 11 is 0. The molecule has 1 aliphatic heterocycles. The van der Waals surface area contributed by atoms with Crippen molar-refractivity contribution < 1.29 is 18.7 Å². The van der Waals surface area contributed by atoms with E-state index in [1.165, 1.54) is 19.2 Å². The molecule has 0 aliphatic carbocycles. The van der Waals surface area contributed by atoms with Gasteiger partial charge >= 0.3 is 5.97 Å². The predicted octanol–water partition coefficient (Wildman–Crippen LogP) is 2.21. The zero-order valence-corrected chi connectivity index (χ0v) is 8.33. The quantitative estimate of drug-likeness (QED) is 0.702. The fraction of sp³-hybridized carbons (Fsp3) is 0.364. The van der Waals surface area contributed by atoms with Gasteiger partial charge in [-0.2, -0.15) is 0 Å². The molecule has 1 aliphatic rings. The number of benzene rings is 1. The topological polar surface area (TPSA) is 35.5 Å². The Morgan fingerprint density at radius 3 is 2.87 bits per heavy atom. The molecule has 0 spiro atoms. The Hall–Kier alpha value is -1.58. The Morgan fingerprint density at radius 1 is 1.53 bits per heavy atom. The Bertz CT molecular complexity index is 389. The van der Waals surface area contributed by atoms with Crippen molar-refractivity contribution in [2.45, 2.75) is 18.9 Å². The van der Waals surface area contributed by atoms with Gasteiger partial charge in [0.05, 0.1) is 7.11 Å². The number of halogens is 1. The first-order chi connectivity index (χ1) is 7.20. The Kier molecular flexibility index (Phi) is 2.58. The molecule has 15 heavy (non-hydrogen) atoms. The molecule has 0 N–H and O–H groups in total. The lowest BCUT2D eigenvalue weighted by molar-refractivity contribution is -0.141. The Morgan fingerprint density at radius 2 is 2.33 bits per heavy atom. The van der Waals surface area contributed by atoms with Gasteiger partial charge in [-0.25, -0.2) is 4.39 Å². The van der Waals surface area contributed by atoms with Gasteiger partial charge < -0.3 is 9.47 Å². The van der Waals surface area contributed by atoms with Crippen LogP contribution < -0.4 is 4.74 Å². The number of methoxy groups -OCH3 is 1. The van der Waals surface area contributed by atoms with E-state index in [9.17, 15) is 9.18 Å². The number of rotatable bonds is 2. The van der Waals surface area contributed by atoms with Crippen LogP contribution in [0.25, 0.3) is 0 Å². The number of carbonyl (C=O) groups excluding carboxylic acids is 1. The third-order valence-electron chi connectivity index (χ3n) is 2.43. The van der Waals surface area contributed by atoms with Crippen LogP contribution in [-0.4, -0.2) is 13.1 Å². The summed E-state index contributed by atoms with van der Waals surface area (Å²) in [6.45, 7) is 0. The highest BCUT2D eigenvalue weighted by Gasteiger charge is 2.25. The van der Waals surface area contributed by atoms with Gasteiger partial charge in [0, 0.05) is 6.42 Å². The highest BCUT2D eigenvalue weighted by atomic mass is 19.1. The standard InChI is InChI=1S/C11H11FO3/c1-14-10-3-2-7(6-8(10)12)9-4-5-11(13)15-9/h2-3,6,9H,4-5H2,1H3/t9-/m0/s1. The average Bonchev–Trinajstić information content (AvgIpc) is 2.65. The summed E-state index contributed by atoms with van der Waals surface area (Å²) in [6, 6.07) is 4.60. The molecular weight excluding hydrogens is 199 g/mol. The molecule has 0 saturated carbocycles. The minimum atomic E-state index is -0.432. The van der Waals surface area contributed by atoms with Crippen molar-refractivity contribution >= 4 is 5.97 Å². The molecule has 1 aromatic rings. The first-order valence-electron chi connectivity index (χ1n) is 4.73. The molecule has 1 fully saturated rings. The molecule has 0 aromatic heterocycles. The lowest BCUT2D eigenvalue weighted by Crippen LogP contribution is -1.99. The molecule has 1 saturated heterocycles. The van der Waals surface area contributed by atoms with Crippen molar-refractivity contribution in [3.63, 3.8) is 0 Å². The largest absolute Gasteiger partial charge is 0.494 e. The molecule has 0 radical (unpaired) electrons. The minimum absolute atomic E-state index is 0.197. The van der Waals surface area contributed by atoms with E-state index < -0.39 is 5.82 Å². The number of cyclic esters (lactones) is 1. The third-order valence-corrected chi connectivity index (χ3v) is 2.43. The van der Waals surface area contributed by atoms with E-state index in [0.29, 0.717) is 18.4 Å². The number of carbonyl (C=O) groups is 1. The summed E-state index contributed by atoms with van der Waals surface area (Å²) in [5.74, 6) is -0.461. The van der Waals surface area contributed by atoms with E-state index in [1.54, 1.807) is 6.07 Å². The summed E-state index contributed by atoms with van der Waals surface area (Å²) in [7, 11) is 1.41. The second kappa shape index (κ2) is 3.88. The van der Waals surface area contributed by atoms with Gasteiger partial charge in [-0.3, -0.25) is 4.79 Å². The maximum absolute atomic E-state index is 13.3. The van der Waals surface area contributed by atoms with Gasteiger partial charge in [-0.05, 0) is 24.1 Å². The fourth-order valence-electron chi connectivity index (χ4n) is 1.64. The van der Waals surface area contributed by atoms with Crippen molar-refractivity contribution in [3.8, 4) is 5.75 Å². The zero-order valence-electron chi connectivity index (χ0n) is 8.33. The van der Waals surface area contributed by atoms with E-state index in [-0.39, 0.29) is 17.8 Å². The van der Waals surface area contributed by atoms with E-state index >= 15 is 0 Å². The van der Waals surface area contributed by atoms with E-state index in [0.717, 1.165) is 0 Å². The van der Waals surface area contributed by atoms with Gasteiger partial charge in [-0.1, -0.05) is 6.07 Å². The monoisotopic (exact) mass is 210 g/mol. The fourth-order valence-corrected chi connectivity index (χ4v) is 1.64. The highest BCUT2D eigenvalue weighted by Crippen LogP contribution is 2.31. The van der Waals surface area contributed by atoms with Crippen LogP contribution in [0.3, 0.4) is 0 Å². The number of esters is 1. The molecule has 4 heteroatoms. The third kappa shape index (κ3) is 1.93. The molecule has 1 heterocycles. The van der Waals surface area contributed by atoms with E-state index in [1.807, 2.05) is 0 Å². The molecule has 1 aromatic carbocycles. The molecule has 0 bridgehead atoms. The van der Waals surface area contributed by atoms with Crippen molar-refractivity contribution in [1.82, 2.24) is 0 Å². The van der Waals surface area contributed by atoms with Crippen LogP contribution in [0.2, 0.25) is 0 Å². The van der Waals surface area contributed by atoms with Crippen molar-refractivity contribution in [2.24, 2.45) is 0 Å². The van der Waals surface area contributed by atoms with Gasteiger partial charge in [-0.15, -0.1) is 0 Å². The lowest BCUT2D eigenvalue weighted by atomic mass is 10.1. The SMILES string of the molecule is COc1ccc([C@@H]2CCC(=O)O2)cc1F. The first-order valence-corrected chi connectivity index (χ1v) is 4.73. The second-order valence-corrected chi connectivity index (χ2v) is 3.41. The molecular formula is C11H11FO3. The summed E-state index contributed by atoms with van der Waals surface area (Å²) in [5, 5.41) is 0. The molecule has 3 nitrogen and oxygen atoms in total. The maximum Gasteiger partial charge on any atom is 0.306 e. The summed E-state index contributed by atoms with van der Waals surface area (Å²) in [6.07, 6.45) is 0.709. The van der Waals surface area contributed by atoms with Crippen LogP contribution in [0, 0.1) is 5.82 Å². The van der Waals surface area contributed by atoms with Crippen molar-refractivity contribution in [3.05, 3.63) is 29.6 Å². The van der Waals surface area contributed by atoms with Crippen molar-refractivity contribution in [1.29, 1.82) is 0 Å². The van der Waals surface area contributed by atoms with Crippen LogP contribution in [-0.2, 0) is 9.53 Å². The molecule has 1 atom stereocenters. The van der Waals surface area contributed by atoms with Gasteiger partial charge in [0.25, 0.3) is 0 Å². The number of hydrogen-bond donors (Lipinski definition) is 0. The molecule has 0 unspecified atom stereocenters. The van der Waals surface area contributed by atoms with Crippen LogP contribution >= 0.6 is 0 Å². The van der Waals surface area contributed by atoms with Crippen molar-refractivity contribution in [2.75, 3.05) is 7.11 Å². The van der Waals surface area contributed by atoms with Crippen LogP contribution in [0.15, 0.2) is 18.2 Å². The average molecular weight is 210 g/mol. The lowest BCUT2D eigenvalue weighted by Gasteiger charge is -2.10. The molecule has 0 amide bonds. The smallest absolute Gasteiger partial charge is 0.306 e. The normalized spacial score (nSPS) is 20.1. The van der Waals surface area contributed by atoms with Gasteiger partial charge in [0.1, 0.15) is 6.10 Å². The minimum Gasteiger partial charge on any atom is -0.494 e. The van der Waals surface area contributed by atoms with E-state index in [4.69, 9.17) is 9.47 Å². The highest BCUT2D eigenvalue weighted by molar-refractivity contribution is 5.71. The van der Waals surface area contributed by atoms with Gasteiger partial charge in [0.2, 0.25) is 0 Å². The number of hydrogen-bond acceptors (Lipinski definition) is 3. The zero-order chi connectivity index (χ0) is 10.8. The summed E-state index contributed by atoms with van der Waals surface area (Å²) < 4.78 is 23.2. The summed E-state index contributed by atoms with van der Waals surface area (Å²) in [5.41, 5.74) is 0.680. The summed E-state index contributed by atoms with van der Waals surface area (Å²) in [4.78, 5) is 10.9. The maximum atomic E-state index is 13.3. The van der Waals surface area contributed by atoms with Gasteiger partial charge in [0.15, 0.2) is 11.6 Å². The molecule has 2 rings (SSSR count). The van der Waals surface area contributed by atoms with E-state index in [2.05, 4.69) is 0 Å². The van der Waals surface area contributed by atoms with Crippen LogP contribution in [0.4, 0.5) is 4.39 Å². The number of ether oxygens (including phenoxy) is 2. The predicted molar refractivity (Wildman–Crippen MR) is 51.0 cm³/mol. The van der Waals surface area contributed by atoms with Crippen LogP contribution in [0.5, 0.6) is 5.75 Å². The molecule has 80 valence electrons. The Labute approximate surface area is 86.8 Å².